The van der Waals surface area contributed by atoms with Crippen LogP contribution in [0.2, 0.25) is 0 Å². The number of nitrogens with one attached hydrogen (secondary N) is 1. The fourth-order valence-electron chi connectivity index (χ4n) is 2.49. The quantitative estimate of drug-likeness (QED) is 0.857. The van der Waals surface area contributed by atoms with Crippen LogP contribution in [0.4, 0.5) is 5.69 Å². The van der Waals surface area contributed by atoms with Crippen LogP contribution in [-0.4, -0.2) is 16.9 Å². The summed E-state index contributed by atoms with van der Waals surface area (Å²) in [6, 6.07) is 3.91. The summed E-state index contributed by atoms with van der Waals surface area (Å²) < 4.78 is 0. The zero-order valence-corrected chi connectivity index (χ0v) is 10.9. The predicted molar refractivity (Wildman–Crippen MR) is 71.9 cm³/mol. The molecular weight excluding hydrogens is 226 g/mol. The monoisotopic (exact) mass is 247 g/mol. The second kappa shape index (κ2) is 5.85. The molecular formula is C14H21N3O. The van der Waals surface area contributed by atoms with Crippen molar-refractivity contribution in [3.63, 3.8) is 0 Å². The van der Waals surface area contributed by atoms with Crippen molar-refractivity contribution in [1.82, 2.24) is 10.3 Å². The number of aromatic nitrogens is 1. The molecule has 1 amide bonds. The van der Waals surface area contributed by atoms with E-state index in [1.54, 1.807) is 18.3 Å². The summed E-state index contributed by atoms with van der Waals surface area (Å²) in [5.74, 6) is 0.646. The van der Waals surface area contributed by atoms with Gasteiger partial charge < -0.3 is 11.1 Å². The van der Waals surface area contributed by atoms with Gasteiger partial charge in [0.05, 0.1) is 18.3 Å². The maximum atomic E-state index is 11.9. The zero-order chi connectivity index (χ0) is 13.0. The second-order valence-corrected chi connectivity index (χ2v) is 5.20. The topological polar surface area (TPSA) is 68.0 Å². The molecule has 1 aliphatic rings. The largest absolute Gasteiger partial charge is 0.397 e. The first-order chi connectivity index (χ1) is 8.65. The summed E-state index contributed by atoms with van der Waals surface area (Å²) >= 11 is 0. The Morgan fingerprint density at radius 2 is 2.22 bits per heavy atom. The van der Waals surface area contributed by atoms with Crippen LogP contribution in [0.15, 0.2) is 18.3 Å². The van der Waals surface area contributed by atoms with Crippen molar-refractivity contribution >= 4 is 11.6 Å². The van der Waals surface area contributed by atoms with E-state index in [0.717, 1.165) is 12.1 Å². The first-order valence-corrected chi connectivity index (χ1v) is 6.65. The lowest BCUT2D eigenvalue weighted by Crippen LogP contribution is -2.41. The van der Waals surface area contributed by atoms with Gasteiger partial charge in [0.1, 0.15) is 0 Å². The Morgan fingerprint density at radius 1 is 1.44 bits per heavy atom. The number of pyridine rings is 1. The number of nitrogens with two attached hydrogens (primary N) is 1. The van der Waals surface area contributed by atoms with Crippen molar-refractivity contribution in [2.75, 3.05) is 5.73 Å². The molecule has 1 fully saturated rings. The third-order valence-corrected chi connectivity index (χ3v) is 3.65. The fraction of sp³-hybridized carbons (Fsp3) is 0.571. The van der Waals surface area contributed by atoms with Crippen LogP contribution in [0.25, 0.3) is 0 Å². The third-order valence-electron chi connectivity index (χ3n) is 3.65. The predicted octanol–water partition coefficient (Wildman–Crippen LogP) is 1.90. The van der Waals surface area contributed by atoms with Crippen LogP contribution >= 0.6 is 0 Å². The van der Waals surface area contributed by atoms with Gasteiger partial charge in [-0.25, -0.2) is 0 Å². The molecule has 0 saturated heterocycles. The first-order valence-electron chi connectivity index (χ1n) is 6.65. The standard InChI is InChI=1S/C14H21N3O/c1-10-4-2-3-5-13(10)17-14(18)8-12-7-6-11(15)9-16-12/h6-7,9-10,13H,2-5,8,15H2,1H3,(H,17,18). The van der Waals surface area contributed by atoms with Gasteiger partial charge in [-0.1, -0.05) is 19.8 Å². The van der Waals surface area contributed by atoms with Crippen molar-refractivity contribution in [3.8, 4) is 0 Å². The van der Waals surface area contributed by atoms with Crippen molar-refractivity contribution in [2.24, 2.45) is 5.92 Å². The number of hydrogen-bond acceptors (Lipinski definition) is 3. The van der Waals surface area contributed by atoms with Gasteiger partial charge in [-0.15, -0.1) is 0 Å². The molecule has 0 spiro atoms. The SMILES string of the molecule is CC1CCCCC1NC(=O)Cc1ccc(N)cn1. The van der Waals surface area contributed by atoms with Crippen LogP contribution in [0, 0.1) is 5.92 Å². The molecule has 4 nitrogen and oxygen atoms in total. The molecule has 0 aromatic carbocycles. The van der Waals surface area contributed by atoms with E-state index in [2.05, 4.69) is 17.2 Å². The van der Waals surface area contributed by atoms with E-state index in [-0.39, 0.29) is 5.91 Å². The fourth-order valence-corrected chi connectivity index (χ4v) is 2.49. The minimum Gasteiger partial charge on any atom is -0.397 e. The molecule has 4 heteroatoms. The van der Waals surface area contributed by atoms with Crippen molar-refractivity contribution < 1.29 is 4.79 Å². The summed E-state index contributed by atoms with van der Waals surface area (Å²) in [5, 5.41) is 3.12. The molecule has 2 unspecified atom stereocenters. The van der Waals surface area contributed by atoms with Crippen molar-refractivity contribution in [2.45, 2.75) is 45.1 Å². The molecule has 3 N–H and O–H groups in total. The zero-order valence-electron chi connectivity index (χ0n) is 10.9. The summed E-state index contributed by atoms with van der Waals surface area (Å²) in [4.78, 5) is 16.1. The second-order valence-electron chi connectivity index (χ2n) is 5.20. The van der Waals surface area contributed by atoms with Crippen LogP contribution in [0.1, 0.15) is 38.3 Å². The Kier molecular flexibility index (Phi) is 4.18. The molecule has 2 rings (SSSR count). The van der Waals surface area contributed by atoms with E-state index in [1.165, 1.54) is 19.3 Å². The molecule has 1 heterocycles. The highest BCUT2D eigenvalue weighted by Gasteiger charge is 2.22. The normalized spacial score (nSPS) is 23.6. The number of rotatable bonds is 3. The number of amides is 1. The van der Waals surface area contributed by atoms with Gasteiger partial charge in [-0.05, 0) is 30.9 Å². The van der Waals surface area contributed by atoms with Crippen molar-refractivity contribution in [1.29, 1.82) is 0 Å². The van der Waals surface area contributed by atoms with E-state index >= 15 is 0 Å². The van der Waals surface area contributed by atoms with Crippen molar-refractivity contribution in [3.05, 3.63) is 24.0 Å². The highest BCUT2D eigenvalue weighted by Crippen LogP contribution is 2.23. The smallest absolute Gasteiger partial charge is 0.226 e. The molecule has 1 saturated carbocycles. The van der Waals surface area contributed by atoms with Gasteiger partial charge in [-0.2, -0.15) is 0 Å². The van der Waals surface area contributed by atoms with Crippen LogP contribution in [0.5, 0.6) is 0 Å². The van der Waals surface area contributed by atoms with E-state index in [0.29, 0.717) is 24.1 Å². The number of carbonyl (C=O) groups excluding carboxylic acids is 1. The number of hydrogen-bond donors (Lipinski definition) is 2. The lowest BCUT2D eigenvalue weighted by molar-refractivity contribution is -0.121. The molecule has 1 aromatic heterocycles. The van der Waals surface area contributed by atoms with E-state index in [9.17, 15) is 4.79 Å². The number of nitrogen functional groups attached to an aromatic ring is 1. The Hall–Kier alpha value is -1.58. The third kappa shape index (κ3) is 3.45. The van der Waals surface area contributed by atoms with Crippen LogP contribution < -0.4 is 11.1 Å². The van der Waals surface area contributed by atoms with E-state index in [1.807, 2.05) is 0 Å². The number of anilines is 1. The van der Waals surface area contributed by atoms with E-state index < -0.39 is 0 Å². The Labute approximate surface area is 108 Å². The highest BCUT2D eigenvalue weighted by molar-refractivity contribution is 5.78. The van der Waals surface area contributed by atoms with Gasteiger partial charge in [-0.3, -0.25) is 9.78 Å². The number of carbonyl (C=O) groups is 1. The molecule has 0 aliphatic heterocycles. The number of nitrogens with zero attached hydrogens (tertiary/aromatic N) is 1. The molecule has 0 bridgehead atoms. The molecule has 1 aliphatic carbocycles. The summed E-state index contributed by atoms with van der Waals surface area (Å²) in [6.45, 7) is 2.21. The Bertz CT molecular complexity index is 402. The average molecular weight is 247 g/mol. The Balaban J connectivity index is 1.86. The molecule has 0 radical (unpaired) electrons. The lowest BCUT2D eigenvalue weighted by atomic mass is 9.86. The molecule has 2 atom stereocenters. The van der Waals surface area contributed by atoms with E-state index in [4.69, 9.17) is 5.73 Å². The van der Waals surface area contributed by atoms with Gasteiger partial charge >= 0.3 is 0 Å². The summed E-state index contributed by atoms with van der Waals surface area (Å²) in [7, 11) is 0. The summed E-state index contributed by atoms with van der Waals surface area (Å²) in [6.07, 6.45) is 6.74. The molecule has 1 aromatic rings. The minimum absolute atomic E-state index is 0.0611. The first kappa shape index (κ1) is 12.9. The highest BCUT2D eigenvalue weighted by atomic mass is 16.1. The van der Waals surface area contributed by atoms with Gasteiger partial charge in [0.25, 0.3) is 0 Å². The minimum atomic E-state index is 0.0611. The van der Waals surface area contributed by atoms with Crippen LogP contribution in [0.3, 0.4) is 0 Å². The van der Waals surface area contributed by atoms with Gasteiger partial charge in [0, 0.05) is 11.7 Å². The molecule has 18 heavy (non-hydrogen) atoms. The summed E-state index contributed by atoms with van der Waals surface area (Å²) in [5.41, 5.74) is 6.96. The van der Waals surface area contributed by atoms with Gasteiger partial charge in [0.15, 0.2) is 0 Å². The maximum absolute atomic E-state index is 11.9. The van der Waals surface area contributed by atoms with Crippen LogP contribution in [-0.2, 0) is 11.2 Å². The molecule has 98 valence electrons. The lowest BCUT2D eigenvalue weighted by Gasteiger charge is -2.29. The average Bonchev–Trinajstić information content (AvgIpc) is 2.35. The van der Waals surface area contributed by atoms with Gasteiger partial charge in [0.2, 0.25) is 5.91 Å². The Morgan fingerprint density at radius 3 is 2.89 bits per heavy atom. The maximum Gasteiger partial charge on any atom is 0.226 e.